The lowest BCUT2D eigenvalue weighted by Crippen LogP contribution is -1.99. The Labute approximate surface area is 99.9 Å². The molecule has 0 saturated carbocycles. The van der Waals surface area contributed by atoms with E-state index in [1.165, 1.54) is 9.75 Å². The average molecular weight is 233 g/mol. The molecule has 0 saturated heterocycles. The molecular weight excluding hydrogens is 218 g/mol. The van der Waals surface area contributed by atoms with Crippen LogP contribution in [0.4, 0.5) is 5.69 Å². The standard InChI is InChI=1S/C13H15NOS/c1-10-7-8-11(16-10)9-14-12-5-3-4-6-13(12)15-2/h3-8,14H,9H2,1-2H3. The molecule has 1 N–H and O–H groups in total. The highest BCUT2D eigenvalue weighted by Crippen LogP contribution is 2.24. The van der Waals surface area contributed by atoms with Crippen LogP contribution in [0.2, 0.25) is 0 Å². The van der Waals surface area contributed by atoms with Gasteiger partial charge in [0.1, 0.15) is 5.75 Å². The number of ether oxygens (including phenoxy) is 1. The molecular formula is C13H15NOS. The number of hydrogen-bond donors (Lipinski definition) is 1. The number of anilines is 1. The normalized spacial score (nSPS) is 10.1. The third-order valence-corrected chi connectivity index (χ3v) is 3.36. The van der Waals surface area contributed by atoms with Gasteiger partial charge in [-0.25, -0.2) is 0 Å². The van der Waals surface area contributed by atoms with Crippen LogP contribution in [0.5, 0.6) is 5.75 Å². The zero-order valence-electron chi connectivity index (χ0n) is 9.49. The summed E-state index contributed by atoms with van der Waals surface area (Å²) in [5.74, 6) is 0.885. The molecule has 3 heteroatoms. The van der Waals surface area contributed by atoms with E-state index in [-0.39, 0.29) is 0 Å². The summed E-state index contributed by atoms with van der Waals surface area (Å²) in [6.07, 6.45) is 0. The summed E-state index contributed by atoms with van der Waals surface area (Å²) < 4.78 is 5.28. The fourth-order valence-corrected chi connectivity index (χ4v) is 2.38. The van der Waals surface area contributed by atoms with Crippen molar-refractivity contribution in [1.29, 1.82) is 0 Å². The Morgan fingerprint density at radius 1 is 1.19 bits per heavy atom. The van der Waals surface area contributed by atoms with Gasteiger partial charge in [0.05, 0.1) is 12.8 Å². The molecule has 0 aliphatic carbocycles. The highest BCUT2D eigenvalue weighted by molar-refractivity contribution is 7.11. The second kappa shape index (κ2) is 5.03. The van der Waals surface area contributed by atoms with Crippen LogP contribution in [0.1, 0.15) is 9.75 Å². The predicted octanol–water partition coefficient (Wildman–Crippen LogP) is 3.68. The van der Waals surface area contributed by atoms with E-state index in [0.29, 0.717) is 0 Å². The summed E-state index contributed by atoms with van der Waals surface area (Å²) in [7, 11) is 1.69. The van der Waals surface area contributed by atoms with Gasteiger partial charge in [-0.15, -0.1) is 11.3 Å². The molecule has 0 spiro atoms. The zero-order valence-corrected chi connectivity index (χ0v) is 10.3. The van der Waals surface area contributed by atoms with Crippen molar-refractivity contribution in [3.63, 3.8) is 0 Å². The van der Waals surface area contributed by atoms with E-state index >= 15 is 0 Å². The number of aryl methyl sites for hydroxylation is 1. The van der Waals surface area contributed by atoms with Crippen LogP contribution in [0, 0.1) is 6.92 Å². The number of benzene rings is 1. The largest absolute Gasteiger partial charge is 0.495 e. The monoisotopic (exact) mass is 233 g/mol. The fourth-order valence-electron chi connectivity index (χ4n) is 1.55. The number of hydrogen-bond acceptors (Lipinski definition) is 3. The van der Waals surface area contributed by atoms with Gasteiger partial charge in [0.25, 0.3) is 0 Å². The summed E-state index contributed by atoms with van der Waals surface area (Å²) in [6.45, 7) is 2.97. The molecule has 2 nitrogen and oxygen atoms in total. The number of para-hydroxylation sites is 2. The lowest BCUT2D eigenvalue weighted by molar-refractivity contribution is 0.416. The molecule has 2 aromatic rings. The Morgan fingerprint density at radius 3 is 2.69 bits per heavy atom. The highest BCUT2D eigenvalue weighted by atomic mass is 32.1. The molecule has 0 fully saturated rings. The Bertz CT molecular complexity index is 464. The van der Waals surface area contributed by atoms with Crippen molar-refractivity contribution in [3.05, 3.63) is 46.2 Å². The zero-order chi connectivity index (χ0) is 11.4. The quantitative estimate of drug-likeness (QED) is 0.869. The predicted molar refractivity (Wildman–Crippen MR) is 69.4 cm³/mol. The number of rotatable bonds is 4. The molecule has 0 amide bonds. The number of methoxy groups -OCH3 is 1. The van der Waals surface area contributed by atoms with E-state index in [9.17, 15) is 0 Å². The molecule has 0 unspecified atom stereocenters. The van der Waals surface area contributed by atoms with Gasteiger partial charge in [-0.2, -0.15) is 0 Å². The van der Waals surface area contributed by atoms with Crippen molar-refractivity contribution in [2.45, 2.75) is 13.5 Å². The third-order valence-electron chi connectivity index (χ3n) is 2.36. The molecule has 16 heavy (non-hydrogen) atoms. The molecule has 84 valence electrons. The molecule has 0 bridgehead atoms. The van der Waals surface area contributed by atoms with Gasteiger partial charge < -0.3 is 10.1 Å². The van der Waals surface area contributed by atoms with E-state index in [2.05, 4.69) is 24.4 Å². The van der Waals surface area contributed by atoms with Gasteiger partial charge in [-0.1, -0.05) is 12.1 Å². The second-order valence-corrected chi connectivity index (χ2v) is 4.94. The van der Waals surface area contributed by atoms with Crippen LogP contribution in [0.15, 0.2) is 36.4 Å². The summed E-state index contributed by atoms with van der Waals surface area (Å²) in [5.41, 5.74) is 1.04. The van der Waals surface area contributed by atoms with Gasteiger partial charge in [-0.05, 0) is 31.2 Å². The molecule has 1 aromatic heterocycles. The smallest absolute Gasteiger partial charge is 0.141 e. The van der Waals surface area contributed by atoms with Crippen LogP contribution in [0.25, 0.3) is 0 Å². The van der Waals surface area contributed by atoms with E-state index in [0.717, 1.165) is 18.0 Å². The van der Waals surface area contributed by atoms with E-state index in [1.807, 2.05) is 35.6 Å². The van der Waals surface area contributed by atoms with E-state index < -0.39 is 0 Å². The minimum atomic E-state index is 0.846. The Morgan fingerprint density at radius 2 is 2.00 bits per heavy atom. The van der Waals surface area contributed by atoms with Crippen molar-refractivity contribution < 1.29 is 4.74 Å². The topological polar surface area (TPSA) is 21.3 Å². The maximum absolute atomic E-state index is 5.28. The molecule has 0 radical (unpaired) electrons. The maximum Gasteiger partial charge on any atom is 0.141 e. The fraction of sp³-hybridized carbons (Fsp3) is 0.231. The highest BCUT2D eigenvalue weighted by Gasteiger charge is 2.01. The second-order valence-electron chi connectivity index (χ2n) is 3.57. The van der Waals surface area contributed by atoms with Crippen molar-refractivity contribution in [1.82, 2.24) is 0 Å². The summed E-state index contributed by atoms with van der Waals surface area (Å²) in [6, 6.07) is 12.3. The van der Waals surface area contributed by atoms with Gasteiger partial charge in [-0.3, -0.25) is 0 Å². The summed E-state index contributed by atoms with van der Waals surface area (Å²) in [5, 5.41) is 3.38. The van der Waals surface area contributed by atoms with Crippen molar-refractivity contribution in [3.8, 4) is 5.75 Å². The summed E-state index contributed by atoms with van der Waals surface area (Å²) in [4.78, 5) is 2.68. The van der Waals surface area contributed by atoms with Crippen LogP contribution >= 0.6 is 11.3 Å². The summed E-state index contributed by atoms with van der Waals surface area (Å²) >= 11 is 1.82. The van der Waals surface area contributed by atoms with Crippen molar-refractivity contribution in [2.75, 3.05) is 12.4 Å². The Balaban J connectivity index is 2.04. The van der Waals surface area contributed by atoms with Gasteiger partial charge in [0, 0.05) is 16.3 Å². The molecule has 0 aliphatic rings. The van der Waals surface area contributed by atoms with Crippen LogP contribution < -0.4 is 10.1 Å². The van der Waals surface area contributed by atoms with Gasteiger partial charge in [0.15, 0.2) is 0 Å². The van der Waals surface area contributed by atoms with Gasteiger partial charge >= 0.3 is 0 Å². The molecule has 1 heterocycles. The average Bonchev–Trinajstić information content (AvgIpc) is 2.73. The van der Waals surface area contributed by atoms with Crippen LogP contribution in [-0.4, -0.2) is 7.11 Å². The minimum absolute atomic E-state index is 0.846. The Kier molecular flexibility index (Phi) is 3.47. The molecule has 0 aliphatic heterocycles. The van der Waals surface area contributed by atoms with Crippen LogP contribution in [-0.2, 0) is 6.54 Å². The van der Waals surface area contributed by atoms with Crippen LogP contribution in [0.3, 0.4) is 0 Å². The number of thiophene rings is 1. The van der Waals surface area contributed by atoms with Crippen molar-refractivity contribution in [2.24, 2.45) is 0 Å². The van der Waals surface area contributed by atoms with E-state index in [4.69, 9.17) is 4.74 Å². The first-order chi connectivity index (χ1) is 7.79. The SMILES string of the molecule is COc1ccccc1NCc1ccc(C)s1. The van der Waals surface area contributed by atoms with Gasteiger partial charge in [0.2, 0.25) is 0 Å². The maximum atomic E-state index is 5.28. The lowest BCUT2D eigenvalue weighted by Gasteiger charge is -2.09. The van der Waals surface area contributed by atoms with Crippen molar-refractivity contribution >= 4 is 17.0 Å². The Hall–Kier alpha value is -1.48. The molecule has 0 atom stereocenters. The lowest BCUT2D eigenvalue weighted by atomic mass is 10.3. The van der Waals surface area contributed by atoms with E-state index in [1.54, 1.807) is 7.11 Å². The number of nitrogens with one attached hydrogen (secondary N) is 1. The molecule has 2 rings (SSSR count). The first-order valence-electron chi connectivity index (χ1n) is 5.22. The minimum Gasteiger partial charge on any atom is -0.495 e. The first kappa shape index (κ1) is 11.0. The third kappa shape index (κ3) is 2.55. The molecule has 1 aromatic carbocycles. The first-order valence-corrected chi connectivity index (χ1v) is 6.03.